The zero-order valence-corrected chi connectivity index (χ0v) is 11.0. The van der Waals surface area contributed by atoms with E-state index in [0.717, 1.165) is 37.1 Å². The minimum absolute atomic E-state index is 0.574. The quantitative estimate of drug-likeness (QED) is 0.831. The molecule has 0 unspecified atom stereocenters. The summed E-state index contributed by atoms with van der Waals surface area (Å²) >= 11 is 0. The molecule has 0 spiro atoms. The molecule has 19 heavy (non-hydrogen) atoms. The van der Waals surface area contributed by atoms with Crippen LogP contribution < -0.4 is 5.32 Å². The summed E-state index contributed by atoms with van der Waals surface area (Å²) in [4.78, 5) is 4.45. The van der Waals surface area contributed by atoms with Crippen molar-refractivity contribution in [3.05, 3.63) is 24.5 Å². The minimum Gasteiger partial charge on any atom is -0.388 e. The van der Waals surface area contributed by atoms with Crippen LogP contribution in [0.4, 0.5) is 5.82 Å². The third-order valence-corrected chi connectivity index (χ3v) is 3.89. The zero-order chi connectivity index (χ0) is 13.1. The van der Waals surface area contributed by atoms with Crippen LogP contribution in [0.2, 0.25) is 0 Å². The Morgan fingerprint density at radius 2 is 2.00 bits per heavy atom. The summed E-state index contributed by atoms with van der Waals surface area (Å²) in [6.07, 6.45) is 10.1. The lowest BCUT2D eigenvalue weighted by Gasteiger charge is -2.27. The molecule has 3 rings (SSSR count). The van der Waals surface area contributed by atoms with Gasteiger partial charge in [-0.2, -0.15) is 5.10 Å². The van der Waals surface area contributed by atoms with Gasteiger partial charge in [0, 0.05) is 18.8 Å². The van der Waals surface area contributed by atoms with E-state index in [9.17, 15) is 5.11 Å². The van der Waals surface area contributed by atoms with Crippen LogP contribution in [0, 0.1) is 0 Å². The van der Waals surface area contributed by atoms with E-state index in [0.29, 0.717) is 6.54 Å². The second-order valence-corrected chi connectivity index (χ2v) is 5.44. The molecule has 1 fully saturated rings. The molecule has 0 saturated heterocycles. The number of nitrogens with zero attached hydrogens (tertiary/aromatic N) is 3. The van der Waals surface area contributed by atoms with E-state index in [-0.39, 0.29) is 0 Å². The van der Waals surface area contributed by atoms with Crippen LogP contribution >= 0.6 is 0 Å². The van der Waals surface area contributed by atoms with E-state index in [1.165, 1.54) is 12.8 Å². The smallest absolute Gasteiger partial charge is 0.157 e. The van der Waals surface area contributed by atoms with Gasteiger partial charge in [0.05, 0.1) is 11.8 Å². The van der Waals surface area contributed by atoms with Crippen LogP contribution in [0.1, 0.15) is 38.5 Å². The van der Waals surface area contributed by atoms with Crippen LogP contribution in [-0.4, -0.2) is 31.9 Å². The van der Waals surface area contributed by atoms with Crippen molar-refractivity contribution in [2.45, 2.75) is 44.1 Å². The maximum Gasteiger partial charge on any atom is 0.157 e. The van der Waals surface area contributed by atoms with Crippen LogP contribution in [-0.2, 0) is 0 Å². The van der Waals surface area contributed by atoms with Crippen molar-refractivity contribution < 1.29 is 5.11 Å². The highest BCUT2D eigenvalue weighted by atomic mass is 16.3. The van der Waals surface area contributed by atoms with Crippen LogP contribution in [0.3, 0.4) is 0 Å². The average molecular weight is 260 g/mol. The highest BCUT2D eigenvalue weighted by Gasteiger charge is 2.27. The fourth-order valence-corrected chi connectivity index (χ4v) is 2.73. The van der Waals surface area contributed by atoms with Gasteiger partial charge in [-0.15, -0.1) is 0 Å². The molecule has 2 aromatic heterocycles. The highest BCUT2D eigenvalue weighted by molar-refractivity contribution is 5.45. The lowest BCUT2D eigenvalue weighted by atomic mass is 9.94. The Kier molecular flexibility index (Phi) is 3.38. The zero-order valence-electron chi connectivity index (χ0n) is 11.0. The van der Waals surface area contributed by atoms with Gasteiger partial charge in [0.2, 0.25) is 0 Å². The van der Waals surface area contributed by atoms with E-state index in [2.05, 4.69) is 15.4 Å². The maximum atomic E-state index is 10.6. The molecule has 5 nitrogen and oxygen atoms in total. The molecule has 0 amide bonds. The van der Waals surface area contributed by atoms with Gasteiger partial charge in [0.15, 0.2) is 5.65 Å². The van der Waals surface area contributed by atoms with Crippen molar-refractivity contribution in [3.63, 3.8) is 0 Å². The SMILES string of the molecule is OC1(CNc2ccn3nccc3n2)CCCCCC1. The molecule has 0 bridgehead atoms. The summed E-state index contributed by atoms with van der Waals surface area (Å²) in [5.41, 5.74) is 0.239. The number of anilines is 1. The molecule has 1 aliphatic carbocycles. The van der Waals surface area contributed by atoms with Crippen molar-refractivity contribution in [3.8, 4) is 0 Å². The van der Waals surface area contributed by atoms with Gasteiger partial charge in [-0.3, -0.25) is 0 Å². The lowest BCUT2D eigenvalue weighted by molar-refractivity contribution is 0.0380. The first-order valence-corrected chi connectivity index (χ1v) is 7.02. The molecule has 5 heteroatoms. The number of hydrogen-bond donors (Lipinski definition) is 2. The Hall–Kier alpha value is -1.62. The Bertz CT molecular complexity index is 543. The number of nitrogens with one attached hydrogen (secondary N) is 1. The molecular formula is C14H20N4O. The molecule has 102 valence electrons. The minimum atomic E-state index is -0.579. The molecule has 2 N–H and O–H groups in total. The summed E-state index contributed by atoms with van der Waals surface area (Å²) in [5, 5.41) is 18.0. The van der Waals surface area contributed by atoms with Gasteiger partial charge < -0.3 is 10.4 Å². The van der Waals surface area contributed by atoms with Crippen molar-refractivity contribution in [1.29, 1.82) is 0 Å². The van der Waals surface area contributed by atoms with Crippen LogP contribution in [0.25, 0.3) is 5.65 Å². The average Bonchev–Trinajstić information content (AvgIpc) is 2.78. The highest BCUT2D eigenvalue weighted by Crippen LogP contribution is 2.27. The summed E-state index contributed by atoms with van der Waals surface area (Å²) < 4.78 is 1.73. The summed E-state index contributed by atoms with van der Waals surface area (Å²) in [6, 6.07) is 3.76. The third kappa shape index (κ3) is 2.87. The fraction of sp³-hybridized carbons (Fsp3) is 0.571. The first-order valence-electron chi connectivity index (χ1n) is 7.02. The van der Waals surface area contributed by atoms with Gasteiger partial charge in [-0.25, -0.2) is 9.50 Å². The Balaban J connectivity index is 1.67. The molecule has 2 heterocycles. The first-order chi connectivity index (χ1) is 9.25. The lowest BCUT2D eigenvalue weighted by Crippen LogP contribution is -2.36. The Morgan fingerprint density at radius 3 is 2.79 bits per heavy atom. The predicted molar refractivity (Wildman–Crippen MR) is 74.1 cm³/mol. The molecule has 0 atom stereocenters. The summed E-state index contributed by atoms with van der Waals surface area (Å²) in [5.74, 6) is 0.797. The van der Waals surface area contributed by atoms with Crippen molar-refractivity contribution in [1.82, 2.24) is 14.6 Å². The summed E-state index contributed by atoms with van der Waals surface area (Å²) in [6.45, 7) is 0.574. The van der Waals surface area contributed by atoms with Crippen LogP contribution in [0.15, 0.2) is 24.5 Å². The Morgan fingerprint density at radius 1 is 1.21 bits per heavy atom. The molecule has 1 aliphatic rings. The predicted octanol–water partition coefficient (Wildman–Crippen LogP) is 2.23. The molecule has 2 aromatic rings. The molecule has 0 radical (unpaired) electrons. The van der Waals surface area contributed by atoms with Crippen LogP contribution in [0.5, 0.6) is 0 Å². The molecule has 0 aliphatic heterocycles. The van der Waals surface area contributed by atoms with Gasteiger partial charge in [-0.05, 0) is 18.9 Å². The van der Waals surface area contributed by atoms with Crippen molar-refractivity contribution >= 4 is 11.5 Å². The summed E-state index contributed by atoms with van der Waals surface area (Å²) in [7, 11) is 0. The standard InChI is InChI=1S/C14H20N4O/c19-14(7-3-1-2-4-8-14)11-15-12-6-10-18-13(17-12)5-9-16-18/h5-6,9-10,19H,1-4,7-8,11H2,(H,15,17). The number of fused-ring (bicyclic) bond motifs is 1. The number of hydrogen-bond acceptors (Lipinski definition) is 4. The van der Waals surface area contributed by atoms with E-state index < -0.39 is 5.60 Å². The number of aromatic nitrogens is 3. The van der Waals surface area contributed by atoms with E-state index in [1.54, 1.807) is 10.7 Å². The number of aliphatic hydroxyl groups is 1. The molecular weight excluding hydrogens is 240 g/mol. The number of rotatable bonds is 3. The topological polar surface area (TPSA) is 62.5 Å². The fourth-order valence-electron chi connectivity index (χ4n) is 2.73. The second kappa shape index (κ2) is 5.17. The van der Waals surface area contributed by atoms with Gasteiger partial charge in [0.25, 0.3) is 0 Å². The first kappa shape index (κ1) is 12.4. The largest absolute Gasteiger partial charge is 0.388 e. The Labute approximate surface area is 112 Å². The van der Waals surface area contributed by atoms with Gasteiger partial charge >= 0.3 is 0 Å². The van der Waals surface area contributed by atoms with E-state index >= 15 is 0 Å². The van der Waals surface area contributed by atoms with Crippen molar-refractivity contribution in [2.75, 3.05) is 11.9 Å². The van der Waals surface area contributed by atoms with E-state index in [4.69, 9.17) is 0 Å². The normalized spacial score (nSPS) is 19.2. The molecule has 0 aromatic carbocycles. The van der Waals surface area contributed by atoms with Crippen molar-refractivity contribution in [2.24, 2.45) is 0 Å². The second-order valence-electron chi connectivity index (χ2n) is 5.44. The third-order valence-electron chi connectivity index (χ3n) is 3.89. The monoisotopic (exact) mass is 260 g/mol. The van der Waals surface area contributed by atoms with Gasteiger partial charge in [0.1, 0.15) is 5.82 Å². The van der Waals surface area contributed by atoms with Gasteiger partial charge in [-0.1, -0.05) is 25.7 Å². The van der Waals surface area contributed by atoms with E-state index in [1.807, 2.05) is 18.3 Å². The molecule has 1 saturated carbocycles. The maximum absolute atomic E-state index is 10.6.